The van der Waals surface area contributed by atoms with Gasteiger partial charge in [0.15, 0.2) is 0 Å². The molecule has 3 aliphatic carbocycles. The molecule has 4 nitrogen and oxygen atoms in total. The Kier molecular flexibility index (Phi) is 4.04. The molecule has 3 fully saturated rings. The van der Waals surface area contributed by atoms with Crippen LogP contribution in [-0.2, 0) is 4.79 Å². The van der Waals surface area contributed by atoms with E-state index in [0.29, 0.717) is 18.5 Å². The summed E-state index contributed by atoms with van der Waals surface area (Å²) < 4.78 is 0. The molecular formula is C16H28N2O2. The van der Waals surface area contributed by atoms with Crippen LogP contribution in [0, 0.1) is 11.8 Å². The zero-order valence-electron chi connectivity index (χ0n) is 12.6. The minimum Gasteiger partial charge on any atom is -0.480 e. The first-order valence-corrected chi connectivity index (χ1v) is 8.30. The van der Waals surface area contributed by atoms with Crippen LogP contribution in [0.15, 0.2) is 0 Å². The summed E-state index contributed by atoms with van der Waals surface area (Å²) in [5, 5.41) is 13.3. The molecule has 0 saturated heterocycles. The van der Waals surface area contributed by atoms with Crippen molar-refractivity contribution in [1.29, 1.82) is 0 Å². The maximum absolute atomic E-state index is 11.9. The van der Waals surface area contributed by atoms with Crippen LogP contribution in [0.2, 0.25) is 0 Å². The van der Waals surface area contributed by atoms with Gasteiger partial charge in [-0.05, 0) is 57.4 Å². The molecule has 1 atom stereocenters. The van der Waals surface area contributed by atoms with E-state index in [-0.39, 0.29) is 0 Å². The number of aliphatic carboxylic acids is 1. The van der Waals surface area contributed by atoms with Gasteiger partial charge in [0.1, 0.15) is 5.54 Å². The van der Waals surface area contributed by atoms with Gasteiger partial charge in [0.25, 0.3) is 0 Å². The normalized spacial score (nSPS) is 26.9. The summed E-state index contributed by atoms with van der Waals surface area (Å²) in [6.07, 6.45) is 9.79. The van der Waals surface area contributed by atoms with Crippen LogP contribution in [-0.4, -0.2) is 47.7 Å². The molecule has 0 heterocycles. The molecule has 2 N–H and O–H groups in total. The Morgan fingerprint density at radius 2 is 1.85 bits per heavy atom. The van der Waals surface area contributed by atoms with Crippen LogP contribution >= 0.6 is 0 Å². The number of hydrogen-bond donors (Lipinski definition) is 2. The largest absolute Gasteiger partial charge is 0.480 e. The van der Waals surface area contributed by atoms with Crippen molar-refractivity contribution in [2.45, 2.75) is 62.9 Å². The van der Waals surface area contributed by atoms with Gasteiger partial charge in [0.05, 0.1) is 0 Å². The lowest BCUT2D eigenvalue weighted by molar-refractivity contribution is -0.147. The highest BCUT2D eigenvalue weighted by atomic mass is 16.4. The maximum atomic E-state index is 11.9. The first-order valence-electron chi connectivity index (χ1n) is 8.30. The molecule has 0 aromatic rings. The van der Waals surface area contributed by atoms with Crippen LogP contribution in [0.1, 0.15) is 51.4 Å². The zero-order valence-corrected chi connectivity index (χ0v) is 12.6. The lowest BCUT2D eigenvalue weighted by Gasteiger charge is -2.36. The Balaban J connectivity index is 1.63. The highest BCUT2D eigenvalue weighted by Gasteiger charge is 2.53. The van der Waals surface area contributed by atoms with Gasteiger partial charge in [0.2, 0.25) is 0 Å². The van der Waals surface area contributed by atoms with E-state index in [1.165, 1.54) is 25.7 Å². The van der Waals surface area contributed by atoms with Crippen molar-refractivity contribution in [3.63, 3.8) is 0 Å². The third-order valence-corrected chi connectivity index (χ3v) is 5.26. The molecule has 0 radical (unpaired) electrons. The summed E-state index contributed by atoms with van der Waals surface area (Å²) in [5.41, 5.74) is -0.686. The average molecular weight is 280 g/mol. The fourth-order valence-electron chi connectivity index (χ4n) is 3.89. The number of carboxylic acids is 1. The number of nitrogens with zero attached hydrogens (tertiary/aromatic N) is 1. The molecule has 0 aromatic carbocycles. The summed E-state index contributed by atoms with van der Waals surface area (Å²) in [6.45, 7) is 1.73. The Morgan fingerprint density at radius 3 is 2.35 bits per heavy atom. The number of carboxylic acid groups (broad SMARTS) is 1. The topological polar surface area (TPSA) is 52.6 Å². The number of hydrogen-bond acceptors (Lipinski definition) is 3. The zero-order chi connectivity index (χ0) is 14.2. The van der Waals surface area contributed by atoms with E-state index in [4.69, 9.17) is 0 Å². The summed E-state index contributed by atoms with van der Waals surface area (Å²) in [7, 11) is 2.10. The summed E-state index contributed by atoms with van der Waals surface area (Å²) >= 11 is 0. The second kappa shape index (κ2) is 5.64. The molecule has 3 saturated carbocycles. The van der Waals surface area contributed by atoms with E-state index in [1.54, 1.807) is 0 Å². The molecule has 4 heteroatoms. The van der Waals surface area contributed by atoms with Crippen molar-refractivity contribution in [2.24, 2.45) is 11.8 Å². The van der Waals surface area contributed by atoms with Crippen LogP contribution < -0.4 is 5.32 Å². The molecule has 20 heavy (non-hydrogen) atoms. The van der Waals surface area contributed by atoms with Crippen molar-refractivity contribution in [1.82, 2.24) is 10.2 Å². The first kappa shape index (κ1) is 14.3. The van der Waals surface area contributed by atoms with Gasteiger partial charge in [0, 0.05) is 19.1 Å². The predicted octanol–water partition coefficient (Wildman–Crippen LogP) is 2.09. The minimum absolute atomic E-state index is 0.339. The Labute approximate surface area is 121 Å². The van der Waals surface area contributed by atoms with E-state index >= 15 is 0 Å². The smallest absolute Gasteiger partial charge is 0.325 e. The summed E-state index contributed by atoms with van der Waals surface area (Å²) in [6, 6.07) is 0.451. The van der Waals surface area contributed by atoms with Crippen molar-refractivity contribution in [3.05, 3.63) is 0 Å². The lowest BCUT2D eigenvalue weighted by atomic mass is 9.91. The molecular weight excluding hydrogens is 252 g/mol. The third kappa shape index (κ3) is 3.17. The Bertz CT molecular complexity index is 359. The Morgan fingerprint density at radius 1 is 1.20 bits per heavy atom. The average Bonchev–Trinajstić information content (AvgIpc) is 3.29. The molecule has 1 unspecified atom stereocenters. The van der Waals surface area contributed by atoms with Gasteiger partial charge in [-0.15, -0.1) is 0 Å². The van der Waals surface area contributed by atoms with Gasteiger partial charge in [-0.25, -0.2) is 0 Å². The lowest BCUT2D eigenvalue weighted by Crippen LogP contribution is -2.61. The molecule has 0 amide bonds. The molecule has 114 valence electrons. The molecule has 0 aliphatic heterocycles. The van der Waals surface area contributed by atoms with Crippen LogP contribution in [0.4, 0.5) is 0 Å². The van der Waals surface area contributed by atoms with Crippen molar-refractivity contribution in [3.8, 4) is 0 Å². The van der Waals surface area contributed by atoms with Gasteiger partial charge in [-0.3, -0.25) is 10.1 Å². The molecule has 3 aliphatic rings. The fourth-order valence-corrected chi connectivity index (χ4v) is 3.89. The van der Waals surface area contributed by atoms with Gasteiger partial charge in [-0.1, -0.05) is 12.8 Å². The van der Waals surface area contributed by atoms with Crippen LogP contribution in [0.3, 0.4) is 0 Å². The monoisotopic (exact) mass is 280 g/mol. The molecule has 0 spiro atoms. The highest BCUT2D eigenvalue weighted by Crippen LogP contribution is 2.42. The van der Waals surface area contributed by atoms with Gasteiger partial charge < -0.3 is 10.0 Å². The highest BCUT2D eigenvalue weighted by molar-refractivity contribution is 5.80. The summed E-state index contributed by atoms with van der Waals surface area (Å²) in [5.74, 6) is 0.489. The number of rotatable bonds is 8. The van der Waals surface area contributed by atoms with E-state index in [9.17, 15) is 9.90 Å². The standard InChI is InChI=1S/C16H28N2O2/c1-18(10-12-4-2-3-5-12)11-16(15(19)20,13-6-7-13)17-14-8-9-14/h12-14,17H,2-11H2,1H3,(H,19,20). The maximum Gasteiger partial charge on any atom is 0.325 e. The Hall–Kier alpha value is -0.610. The van der Waals surface area contributed by atoms with Crippen molar-refractivity contribution in [2.75, 3.05) is 20.1 Å². The molecule has 0 bridgehead atoms. The molecule has 0 aromatic heterocycles. The fraction of sp³-hybridized carbons (Fsp3) is 0.938. The van der Waals surface area contributed by atoms with Crippen molar-refractivity contribution >= 4 is 5.97 Å². The van der Waals surface area contributed by atoms with E-state index in [2.05, 4.69) is 17.3 Å². The van der Waals surface area contributed by atoms with Crippen molar-refractivity contribution < 1.29 is 9.90 Å². The number of nitrogens with one attached hydrogen (secondary N) is 1. The third-order valence-electron chi connectivity index (χ3n) is 5.26. The first-order chi connectivity index (χ1) is 9.60. The SMILES string of the molecule is CN(CC1CCCC1)CC(NC1CC1)(C(=O)O)C1CC1. The van der Waals surface area contributed by atoms with Gasteiger partial charge in [-0.2, -0.15) is 0 Å². The quantitative estimate of drug-likeness (QED) is 0.715. The second-order valence-electron chi connectivity index (χ2n) is 7.32. The van der Waals surface area contributed by atoms with E-state index in [0.717, 1.165) is 38.1 Å². The van der Waals surface area contributed by atoms with E-state index < -0.39 is 11.5 Å². The predicted molar refractivity (Wildman–Crippen MR) is 78.7 cm³/mol. The minimum atomic E-state index is -0.686. The number of likely N-dealkylation sites (N-methyl/N-ethyl adjacent to an activating group) is 1. The second-order valence-corrected chi connectivity index (χ2v) is 7.32. The molecule has 3 rings (SSSR count). The van der Waals surface area contributed by atoms with Crippen LogP contribution in [0.25, 0.3) is 0 Å². The number of carbonyl (C=O) groups is 1. The summed E-state index contributed by atoms with van der Waals surface area (Å²) in [4.78, 5) is 14.2. The van der Waals surface area contributed by atoms with Gasteiger partial charge >= 0.3 is 5.97 Å². The van der Waals surface area contributed by atoms with E-state index in [1.807, 2.05) is 0 Å². The van der Waals surface area contributed by atoms with Crippen LogP contribution in [0.5, 0.6) is 0 Å².